The lowest BCUT2D eigenvalue weighted by Crippen LogP contribution is -2.16. The summed E-state index contributed by atoms with van der Waals surface area (Å²) in [5.41, 5.74) is 1.03. The third-order valence-electron chi connectivity index (χ3n) is 1.86. The number of nitrogens with one attached hydrogen (secondary N) is 1. The number of benzene rings is 1. The molecule has 0 aliphatic rings. The minimum atomic E-state index is 0.755. The van der Waals surface area contributed by atoms with Crippen LogP contribution in [0.4, 0.5) is 0 Å². The highest BCUT2D eigenvalue weighted by Crippen LogP contribution is 2.24. The van der Waals surface area contributed by atoms with Gasteiger partial charge in [-0.05, 0) is 37.2 Å². The number of likely N-dealkylation sites (N-methyl/N-ethyl adjacent to an activating group) is 1. The first-order valence-electron chi connectivity index (χ1n) is 4.39. The van der Waals surface area contributed by atoms with Gasteiger partial charge in [0.15, 0.2) is 0 Å². The summed E-state index contributed by atoms with van der Waals surface area (Å²) in [6.45, 7) is 3.97. The molecule has 1 nitrogen and oxygen atoms in total. The highest BCUT2D eigenvalue weighted by atomic mass is 35.5. The van der Waals surface area contributed by atoms with Crippen molar-refractivity contribution >= 4 is 23.2 Å². The first-order valence-corrected chi connectivity index (χ1v) is 5.15. The molecule has 0 saturated heterocycles. The lowest BCUT2D eigenvalue weighted by molar-refractivity contribution is 0.717. The van der Waals surface area contributed by atoms with E-state index in [1.54, 1.807) is 0 Å². The molecule has 0 saturated carbocycles. The molecule has 0 atom stereocenters. The first-order chi connectivity index (χ1) is 6.25. The average Bonchev–Trinajstić information content (AvgIpc) is 2.10. The van der Waals surface area contributed by atoms with Gasteiger partial charge in [-0.1, -0.05) is 36.2 Å². The van der Waals surface area contributed by atoms with Gasteiger partial charge in [0.2, 0.25) is 0 Å². The molecule has 0 aliphatic heterocycles. The smallest absolute Gasteiger partial charge is 0.0453 e. The van der Waals surface area contributed by atoms with E-state index in [1.165, 1.54) is 0 Å². The molecule has 1 aromatic carbocycles. The normalized spacial score (nSPS) is 10.4. The summed E-state index contributed by atoms with van der Waals surface area (Å²) in [4.78, 5) is 0. The zero-order valence-corrected chi connectivity index (χ0v) is 9.12. The predicted octanol–water partition coefficient (Wildman–Crippen LogP) is 3.15. The Morgan fingerprint density at radius 1 is 1.23 bits per heavy atom. The molecule has 1 rings (SSSR count). The highest BCUT2D eigenvalue weighted by molar-refractivity contribution is 6.35. The monoisotopic (exact) mass is 217 g/mol. The quantitative estimate of drug-likeness (QED) is 0.765. The van der Waals surface area contributed by atoms with Crippen LogP contribution in [0.1, 0.15) is 12.5 Å². The van der Waals surface area contributed by atoms with Crippen molar-refractivity contribution in [3.63, 3.8) is 0 Å². The van der Waals surface area contributed by atoms with E-state index in [0.717, 1.165) is 35.1 Å². The van der Waals surface area contributed by atoms with Gasteiger partial charge >= 0.3 is 0 Å². The summed E-state index contributed by atoms with van der Waals surface area (Å²) in [5, 5.41) is 4.74. The van der Waals surface area contributed by atoms with Crippen LogP contribution < -0.4 is 5.32 Å². The van der Waals surface area contributed by atoms with E-state index in [9.17, 15) is 0 Å². The van der Waals surface area contributed by atoms with Crippen molar-refractivity contribution < 1.29 is 0 Å². The Morgan fingerprint density at radius 2 is 1.85 bits per heavy atom. The van der Waals surface area contributed by atoms with Gasteiger partial charge in [0.1, 0.15) is 0 Å². The Bertz CT molecular complexity index is 253. The van der Waals surface area contributed by atoms with Gasteiger partial charge in [0.25, 0.3) is 0 Å². The molecule has 1 N–H and O–H groups in total. The van der Waals surface area contributed by atoms with Gasteiger partial charge in [0, 0.05) is 10.0 Å². The summed E-state index contributed by atoms with van der Waals surface area (Å²) in [6.07, 6.45) is 0.881. The van der Waals surface area contributed by atoms with Crippen LogP contribution in [0, 0.1) is 0 Å². The SMILES string of the molecule is CCNCCc1c(Cl)cccc1Cl. The maximum atomic E-state index is 6.00. The molecule has 0 radical (unpaired) electrons. The van der Waals surface area contributed by atoms with E-state index in [1.807, 2.05) is 18.2 Å². The third kappa shape index (κ3) is 3.18. The summed E-state index contributed by atoms with van der Waals surface area (Å²) in [5.74, 6) is 0. The van der Waals surface area contributed by atoms with Crippen LogP contribution in [0.25, 0.3) is 0 Å². The standard InChI is InChI=1S/C10H13Cl2N/c1-2-13-7-6-8-9(11)4-3-5-10(8)12/h3-5,13H,2,6-7H2,1H3. The van der Waals surface area contributed by atoms with E-state index in [-0.39, 0.29) is 0 Å². The van der Waals surface area contributed by atoms with Gasteiger partial charge in [-0.15, -0.1) is 0 Å². The maximum absolute atomic E-state index is 6.00. The first kappa shape index (κ1) is 10.8. The molecule has 1 aromatic rings. The van der Waals surface area contributed by atoms with Crippen molar-refractivity contribution in [1.29, 1.82) is 0 Å². The number of hydrogen-bond donors (Lipinski definition) is 1. The van der Waals surface area contributed by atoms with Crippen LogP contribution in [0.2, 0.25) is 10.0 Å². The van der Waals surface area contributed by atoms with E-state index in [0.29, 0.717) is 0 Å². The van der Waals surface area contributed by atoms with Gasteiger partial charge in [-0.2, -0.15) is 0 Å². The molecule has 13 heavy (non-hydrogen) atoms. The second-order valence-corrected chi connectivity index (χ2v) is 3.62. The fourth-order valence-electron chi connectivity index (χ4n) is 1.16. The molecule has 0 heterocycles. The maximum Gasteiger partial charge on any atom is 0.0453 e. The van der Waals surface area contributed by atoms with Gasteiger partial charge in [-0.3, -0.25) is 0 Å². The molecule has 0 unspecified atom stereocenters. The minimum absolute atomic E-state index is 0.755. The molecule has 0 bridgehead atoms. The lowest BCUT2D eigenvalue weighted by atomic mass is 10.1. The highest BCUT2D eigenvalue weighted by Gasteiger charge is 2.03. The summed E-state index contributed by atoms with van der Waals surface area (Å²) in [6, 6.07) is 5.60. The van der Waals surface area contributed by atoms with Crippen molar-refractivity contribution in [3.8, 4) is 0 Å². The summed E-state index contributed by atoms with van der Waals surface area (Å²) in [7, 11) is 0. The largest absolute Gasteiger partial charge is 0.317 e. The summed E-state index contributed by atoms with van der Waals surface area (Å²) >= 11 is 12.0. The lowest BCUT2D eigenvalue weighted by Gasteiger charge is -2.06. The Hall–Kier alpha value is -0.240. The molecule has 0 aliphatic carbocycles. The van der Waals surface area contributed by atoms with Crippen LogP contribution >= 0.6 is 23.2 Å². The molecule has 0 aromatic heterocycles. The number of hydrogen-bond acceptors (Lipinski definition) is 1. The molecule has 0 spiro atoms. The van der Waals surface area contributed by atoms with Crippen molar-refractivity contribution in [3.05, 3.63) is 33.8 Å². The summed E-state index contributed by atoms with van der Waals surface area (Å²) < 4.78 is 0. The second kappa shape index (κ2) is 5.48. The topological polar surface area (TPSA) is 12.0 Å². The Labute approximate surface area is 89.0 Å². The van der Waals surface area contributed by atoms with E-state index >= 15 is 0 Å². The fraction of sp³-hybridized carbons (Fsp3) is 0.400. The second-order valence-electron chi connectivity index (χ2n) is 2.80. The van der Waals surface area contributed by atoms with Crippen LogP contribution in [0.5, 0.6) is 0 Å². The van der Waals surface area contributed by atoms with Crippen LogP contribution in [0.15, 0.2) is 18.2 Å². The minimum Gasteiger partial charge on any atom is -0.317 e. The van der Waals surface area contributed by atoms with E-state index < -0.39 is 0 Å². The van der Waals surface area contributed by atoms with Gasteiger partial charge in [-0.25, -0.2) is 0 Å². The average molecular weight is 218 g/mol. The zero-order chi connectivity index (χ0) is 9.68. The van der Waals surface area contributed by atoms with Crippen LogP contribution in [-0.4, -0.2) is 13.1 Å². The fourth-order valence-corrected chi connectivity index (χ4v) is 1.75. The van der Waals surface area contributed by atoms with Crippen LogP contribution in [0.3, 0.4) is 0 Å². The predicted molar refractivity (Wildman–Crippen MR) is 58.7 cm³/mol. The Kier molecular flexibility index (Phi) is 4.57. The molecular formula is C10H13Cl2N. The molecule has 0 fully saturated rings. The molecular weight excluding hydrogens is 205 g/mol. The molecule has 72 valence electrons. The van der Waals surface area contributed by atoms with Crippen molar-refractivity contribution in [1.82, 2.24) is 5.32 Å². The Balaban J connectivity index is 2.64. The van der Waals surface area contributed by atoms with Crippen molar-refractivity contribution in [2.45, 2.75) is 13.3 Å². The molecule has 3 heteroatoms. The molecule has 0 amide bonds. The Morgan fingerprint density at radius 3 is 2.38 bits per heavy atom. The van der Waals surface area contributed by atoms with Crippen molar-refractivity contribution in [2.75, 3.05) is 13.1 Å². The van der Waals surface area contributed by atoms with E-state index in [2.05, 4.69) is 12.2 Å². The number of halogens is 2. The third-order valence-corrected chi connectivity index (χ3v) is 2.57. The van der Waals surface area contributed by atoms with Gasteiger partial charge in [0.05, 0.1) is 0 Å². The van der Waals surface area contributed by atoms with Gasteiger partial charge < -0.3 is 5.32 Å². The van der Waals surface area contributed by atoms with E-state index in [4.69, 9.17) is 23.2 Å². The zero-order valence-electron chi connectivity index (χ0n) is 7.61. The van der Waals surface area contributed by atoms with Crippen LogP contribution in [-0.2, 0) is 6.42 Å². The number of rotatable bonds is 4. The van der Waals surface area contributed by atoms with Crippen molar-refractivity contribution in [2.24, 2.45) is 0 Å².